The second kappa shape index (κ2) is 11.1. The lowest BCUT2D eigenvalue weighted by atomic mass is 9.87. The first kappa shape index (κ1) is 22.5. The SMILES string of the molecule is CCCCC(C(=O)OC(C)C)C(=O)c1c(C)cc(C)cc1C.O=[PH2+]. The fourth-order valence-electron chi connectivity index (χ4n) is 2.82. The van der Waals surface area contributed by atoms with Crippen LogP contribution in [0, 0.1) is 26.7 Å². The third-order valence-electron chi connectivity index (χ3n) is 3.72. The molecule has 5 heteroatoms. The predicted molar refractivity (Wildman–Crippen MR) is 99.6 cm³/mol. The summed E-state index contributed by atoms with van der Waals surface area (Å²) in [6.07, 6.45) is 2.14. The van der Waals surface area contributed by atoms with Gasteiger partial charge in [-0.1, -0.05) is 42.0 Å². The molecule has 2 unspecified atom stereocenters. The Bertz CT molecular complexity index is 543. The topological polar surface area (TPSA) is 60.4 Å². The fraction of sp³-hybridized carbons (Fsp3) is 0.579. The average molecular weight is 353 g/mol. The van der Waals surface area contributed by atoms with Crippen LogP contribution in [0.2, 0.25) is 0 Å². The maximum absolute atomic E-state index is 12.9. The summed E-state index contributed by atoms with van der Waals surface area (Å²) in [5, 5.41) is 0. The largest absolute Gasteiger partial charge is 0.462 e. The number of carbonyl (C=O) groups excluding carboxylic acids is 2. The van der Waals surface area contributed by atoms with Gasteiger partial charge in [0.25, 0.3) is 0 Å². The van der Waals surface area contributed by atoms with E-state index in [4.69, 9.17) is 9.30 Å². The number of hydrogen-bond acceptors (Lipinski definition) is 4. The van der Waals surface area contributed by atoms with Gasteiger partial charge in [-0.2, -0.15) is 0 Å². The van der Waals surface area contributed by atoms with Crippen molar-refractivity contribution in [1.29, 1.82) is 0 Å². The highest BCUT2D eigenvalue weighted by molar-refractivity contribution is 7.00. The molecule has 0 amide bonds. The Labute approximate surface area is 147 Å². The third-order valence-corrected chi connectivity index (χ3v) is 3.72. The molecule has 0 aliphatic carbocycles. The van der Waals surface area contributed by atoms with Gasteiger partial charge in [-0.25, -0.2) is 0 Å². The van der Waals surface area contributed by atoms with Gasteiger partial charge in [-0.3, -0.25) is 9.59 Å². The molecule has 4 nitrogen and oxygen atoms in total. The zero-order chi connectivity index (χ0) is 18.9. The average Bonchev–Trinajstić information content (AvgIpc) is 2.47. The highest BCUT2D eigenvalue weighted by Gasteiger charge is 2.30. The number of unbranched alkanes of at least 4 members (excludes halogenated alkanes) is 1. The van der Waals surface area contributed by atoms with E-state index in [1.807, 2.05) is 46.8 Å². The number of ketones is 1. The molecule has 24 heavy (non-hydrogen) atoms. The minimum Gasteiger partial charge on any atom is -0.462 e. The lowest BCUT2D eigenvalue weighted by molar-refractivity contribution is -0.150. The van der Waals surface area contributed by atoms with Crippen LogP contribution in [0.4, 0.5) is 0 Å². The Balaban J connectivity index is 0.00000254. The van der Waals surface area contributed by atoms with Crippen LogP contribution in [0.1, 0.15) is 67.1 Å². The van der Waals surface area contributed by atoms with Crippen molar-refractivity contribution in [2.45, 2.75) is 66.9 Å². The molecule has 0 saturated carbocycles. The predicted octanol–water partition coefficient (Wildman–Crippen LogP) is 4.76. The minimum atomic E-state index is -0.692. The number of rotatable bonds is 7. The Hall–Kier alpha value is -1.54. The Morgan fingerprint density at radius 2 is 1.58 bits per heavy atom. The third kappa shape index (κ3) is 6.52. The molecule has 0 heterocycles. The van der Waals surface area contributed by atoms with E-state index in [0.29, 0.717) is 12.0 Å². The maximum atomic E-state index is 12.9. The van der Waals surface area contributed by atoms with Crippen molar-refractivity contribution in [2.24, 2.45) is 5.92 Å². The summed E-state index contributed by atoms with van der Waals surface area (Å²) < 4.78 is 13.5. The fourth-order valence-corrected chi connectivity index (χ4v) is 2.82. The zero-order valence-electron chi connectivity index (χ0n) is 15.6. The van der Waals surface area contributed by atoms with Gasteiger partial charge in [0.2, 0.25) is 0 Å². The van der Waals surface area contributed by atoms with Gasteiger partial charge in [0.15, 0.2) is 5.78 Å². The van der Waals surface area contributed by atoms with E-state index in [9.17, 15) is 9.59 Å². The molecule has 134 valence electrons. The molecule has 1 aromatic rings. The first-order valence-electron chi connectivity index (χ1n) is 8.34. The van der Waals surface area contributed by atoms with Crippen LogP contribution >= 0.6 is 9.12 Å². The van der Waals surface area contributed by atoms with Crippen LogP contribution in [0.5, 0.6) is 0 Å². The second-order valence-electron chi connectivity index (χ2n) is 6.32. The lowest BCUT2D eigenvalue weighted by Crippen LogP contribution is -2.29. The Morgan fingerprint density at radius 3 is 2.00 bits per heavy atom. The van der Waals surface area contributed by atoms with Crippen molar-refractivity contribution >= 4 is 20.9 Å². The van der Waals surface area contributed by atoms with E-state index in [-0.39, 0.29) is 11.9 Å². The van der Waals surface area contributed by atoms with Gasteiger partial charge in [-0.05, 0) is 52.2 Å². The number of benzene rings is 1. The molecule has 1 aromatic carbocycles. The monoisotopic (exact) mass is 353 g/mol. The molecule has 0 spiro atoms. The standard InChI is InChI=1S/C19H28O3.H2OP/c1-7-8-9-16(19(21)22-12(2)3)18(20)17-14(5)10-13(4)11-15(17)6;1-2/h10-12,16H,7-9H2,1-6H3;2H2/q;+1. The van der Waals surface area contributed by atoms with Crippen molar-refractivity contribution < 1.29 is 18.9 Å². The van der Waals surface area contributed by atoms with E-state index in [0.717, 1.165) is 29.5 Å². The number of Topliss-reactive ketones (excluding diaryl/α,β-unsaturated/α-hetero) is 1. The zero-order valence-corrected chi connectivity index (χ0v) is 16.8. The van der Waals surface area contributed by atoms with Crippen molar-refractivity contribution in [1.82, 2.24) is 0 Å². The van der Waals surface area contributed by atoms with Crippen molar-refractivity contribution in [3.8, 4) is 0 Å². The quantitative estimate of drug-likeness (QED) is 0.307. The number of hydrogen-bond donors (Lipinski definition) is 0. The molecule has 0 N–H and O–H groups in total. The summed E-state index contributed by atoms with van der Waals surface area (Å²) in [5.41, 5.74) is 3.66. The van der Waals surface area contributed by atoms with Gasteiger partial charge in [0.1, 0.15) is 5.92 Å². The molecular formula is C19H30O4P+. The first-order chi connectivity index (χ1) is 11.3. The summed E-state index contributed by atoms with van der Waals surface area (Å²) in [6, 6.07) is 3.98. The normalized spacial score (nSPS) is 11.5. The summed E-state index contributed by atoms with van der Waals surface area (Å²) in [4.78, 5) is 25.2. The minimum absolute atomic E-state index is 0.103. The van der Waals surface area contributed by atoms with E-state index in [1.165, 1.54) is 9.12 Å². The van der Waals surface area contributed by atoms with Crippen molar-refractivity contribution in [3.63, 3.8) is 0 Å². The van der Waals surface area contributed by atoms with Crippen molar-refractivity contribution in [2.75, 3.05) is 0 Å². The molecule has 1 rings (SSSR count). The first-order valence-corrected chi connectivity index (χ1v) is 8.81. The molecule has 0 aliphatic rings. The van der Waals surface area contributed by atoms with Crippen molar-refractivity contribution in [3.05, 3.63) is 34.4 Å². The summed E-state index contributed by atoms with van der Waals surface area (Å²) in [6.45, 7) is 11.5. The van der Waals surface area contributed by atoms with E-state index < -0.39 is 11.9 Å². The number of ether oxygens (including phenoxy) is 1. The number of carbonyl (C=O) groups is 2. The highest BCUT2D eigenvalue weighted by atomic mass is 31.0. The summed E-state index contributed by atoms with van der Waals surface area (Å²) in [5.74, 6) is -1.19. The molecule has 0 fully saturated rings. The van der Waals surface area contributed by atoms with Gasteiger partial charge < -0.3 is 4.74 Å². The molecule has 0 aliphatic heterocycles. The van der Waals surface area contributed by atoms with Crippen LogP contribution in [0.3, 0.4) is 0 Å². The lowest BCUT2D eigenvalue weighted by Gasteiger charge is -2.19. The second-order valence-corrected chi connectivity index (χ2v) is 6.32. The van der Waals surface area contributed by atoms with E-state index in [1.54, 1.807) is 0 Å². The molecule has 2 atom stereocenters. The van der Waals surface area contributed by atoms with Crippen LogP contribution < -0.4 is 0 Å². The molecular weight excluding hydrogens is 323 g/mol. The summed E-state index contributed by atoms with van der Waals surface area (Å²) in [7, 11) is 1.17. The molecule has 0 saturated heterocycles. The molecule has 0 aromatic heterocycles. The summed E-state index contributed by atoms with van der Waals surface area (Å²) >= 11 is 0. The van der Waals surface area contributed by atoms with Crippen LogP contribution in [0.15, 0.2) is 12.1 Å². The smallest absolute Gasteiger partial charge is 0.317 e. The van der Waals surface area contributed by atoms with E-state index >= 15 is 0 Å². The molecule has 0 bridgehead atoms. The van der Waals surface area contributed by atoms with Gasteiger partial charge in [0, 0.05) is 5.56 Å². The van der Waals surface area contributed by atoms with Gasteiger partial charge in [-0.15, -0.1) is 0 Å². The highest BCUT2D eigenvalue weighted by Crippen LogP contribution is 2.24. The van der Waals surface area contributed by atoms with E-state index in [2.05, 4.69) is 6.92 Å². The van der Waals surface area contributed by atoms with Crippen LogP contribution in [0.25, 0.3) is 0 Å². The van der Waals surface area contributed by atoms with Crippen LogP contribution in [-0.4, -0.2) is 17.9 Å². The Morgan fingerprint density at radius 1 is 1.08 bits per heavy atom. The molecule has 0 radical (unpaired) electrons. The Kier molecular flexibility index (Phi) is 10.4. The number of aryl methyl sites for hydroxylation is 3. The van der Waals surface area contributed by atoms with Gasteiger partial charge in [0.05, 0.1) is 6.10 Å². The maximum Gasteiger partial charge on any atom is 0.317 e. The van der Waals surface area contributed by atoms with Crippen LogP contribution in [-0.2, 0) is 14.1 Å². The van der Waals surface area contributed by atoms with Gasteiger partial charge >= 0.3 is 15.1 Å². The number of esters is 1.